The van der Waals surface area contributed by atoms with Gasteiger partial charge in [-0.05, 0) is 81.0 Å². The first-order valence-electron chi connectivity index (χ1n) is 12.4. The third-order valence-corrected chi connectivity index (χ3v) is 8.50. The Morgan fingerprint density at radius 3 is 2.31 bits per heavy atom. The van der Waals surface area contributed by atoms with E-state index in [9.17, 15) is 18.0 Å². The van der Waals surface area contributed by atoms with Crippen molar-refractivity contribution in [1.29, 1.82) is 0 Å². The van der Waals surface area contributed by atoms with Gasteiger partial charge in [-0.2, -0.15) is 0 Å². The van der Waals surface area contributed by atoms with Gasteiger partial charge in [-0.3, -0.25) is 4.79 Å². The quantitative estimate of drug-likeness (QED) is 0.194. The van der Waals surface area contributed by atoms with E-state index in [0.717, 1.165) is 68.4 Å². The summed E-state index contributed by atoms with van der Waals surface area (Å²) in [5.74, 6) is -1.90. The minimum atomic E-state index is -1.55. The number of carbonyl (C=O) groups excluding carboxylic acids is 1. The lowest BCUT2D eigenvalue weighted by atomic mass is 9.59. The molecule has 0 N–H and O–H groups in total. The van der Waals surface area contributed by atoms with Crippen LogP contribution in [0.3, 0.4) is 0 Å². The van der Waals surface area contributed by atoms with Crippen LogP contribution in [0.25, 0.3) is 0 Å². The van der Waals surface area contributed by atoms with E-state index in [-0.39, 0.29) is 17.6 Å². The molecule has 1 aromatic carbocycles. The van der Waals surface area contributed by atoms with Crippen LogP contribution >= 0.6 is 0 Å². The number of ether oxygens (including phenoxy) is 1. The van der Waals surface area contributed by atoms with E-state index in [2.05, 4.69) is 6.58 Å². The van der Waals surface area contributed by atoms with Crippen LogP contribution in [-0.4, -0.2) is 5.97 Å². The first-order chi connectivity index (χ1) is 15.5. The van der Waals surface area contributed by atoms with Gasteiger partial charge in [0.15, 0.2) is 17.5 Å². The van der Waals surface area contributed by atoms with Crippen molar-refractivity contribution in [2.75, 3.05) is 0 Å². The predicted molar refractivity (Wildman–Crippen MR) is 118 cm³/mol. The Hall–Kier alpha value is -1.78. The van der Waals surface area contributed by atoms with Crippen LogP contribution in [0, 0.1) is 53.0 Å². The van der Waals surface area contributed by atoms with E-state index >= 15 is 0 Å². The molecule has 0 heterocycles. The van der Waals surface area contributed by atoms with Crippen molar-refractivity contribution in [2.24, 2.45) is 35.5 Å². The lowest BCUT2D eigenvalue weighted by Crippen LogP contribution is -2.40. The Bertz CT molecular complexity index is 792. The molecule has 2 nitrogen and oxygen atoms in total. The number of fused-ring (bicyclic) bond motifs is 1. The molecule has 176 valence electrons. The van der Waals surface area contributed by atoms with Crippen molar-refractivity contribution < 1.29 is 22.7 Å². The minimum Gasteiger partial charge on any atom is -0.426 e. The molecule has 0 aromatic heterocycles. The molecule has 3 fully saturated rings. The highest BCUT2D eigenvalue weighted by molar-refractivity contribution is 5.75. The van der Waals surface area contributed by atoms with Crippen LogP contribution < -0.4 is 4.74 Å². The number of allylic oxidation sites excluding steroid dienone is 1. The van der Waals surface area contributed by atoms with Gasteiger partial charge in [0, 0.05) is 12.1 Å². The van der Waals surface area contributed by atoms with Gasteiger partial charge in [-0.15, -0.1) is 6.58 Å². The first-order valence-corrected chi connectivity index (χ1v) is 12.4. The third kappa shape index (κ3) is 5.23. The van der Waals surface area contributed by atoms with Crippen LogP contribution in [-0.2, 0) is 4.79 Å². The average Bonchev–Trinajstić information content (AvgIpc) is 2.80. The van der Waals surface area contributed by atoms with E-state index in [0.29, 0.717) is 5.92 Å². The summed E-state index contributed by atoms with van der Waals surface area (Å²) in [5, 5.41) is 0. The molecule has 5 heteroatoms. The van der Waals surface area contributed by atoms with Crippen LogP contribution in [0.15, 0.2) is 24.8 Å². The van der Waals surface area contributed by atoms with E-state index in [4.69, 9.17) is 4.74 Å². The molecule has 0 aliphatic heterocycles. The Morgan fingerprint density at radius 1 is 0.938 bits per heavy atom. The Kier molecular flexibility index (Phi) is 7.63. The monoisotopic (exact) mass is 448 g/mol. The zero-order chi connectivity index (χ0) is 22.7. The fraction of sp³-hybridized carbons (Fsp3) is 0.667. The summed E-state index contributed by atoms with van der Waals surface area (Å²) in [4.78, 5) is 12.9. The summed E-state index contributed by atoms with van der Waals surface area (Å²) in [6.45, 7) is 3.84. The van der Waals surface area contributed by atoms with Crippen molar-refractivity contribution in [3.63, 3.8) is 0 Å². The molecule has 4 atom stereocenters. The molecule has 0 amide bonds. The van der Waals surface area contributed by atoms with Crippen molar-refractivity contribution in [3.05, 3.63) is 42.2 Å². The normalized spacial score (nSPS) is 32.7. The first kappa shape index (κ1) is 23.4. The van der Waals surface area contributed by atoms with Gasteiger partial charge in [0.1, 0.15) is 5.75 Å². The second-order valence-electron chi connectivity index (χ2n) is 10.3. The molecule has 4 unspecified atom stereocenters. The molecule has 32 heavy (non-hydrogen) atoms. The second kappa shape index (κ2) is 10.4. The molecule has 0 radical (unpaired) electrons. The summed E-state index contributed by atoms with van der Waals surface area (Å²) in [5.41, 5.74) is 0. The van der Waals surface area contributed by atoms with Crippen molar-refractivity contribution in [1.82, 2.24) is 0 Å². The molecule has 4 rings (SSSR count). The Balaban J connectivity index is 1.33. The summed E-state index contributed by atoms with van der Waals surface area (Å²) >= 11 is 0. The number of hydrogen-bond acceptors (Lipinski definition) is 2. The van der Waals surface area contributed by atoms with Crippen LogP contribution in [0.4, 0.5) is 13.2 Å². The van der Waals surface area contributed by atoms with Gasteiger partial charge in [0.05, 0.1) is 5.92 Å². The number of rotatable bonds is 6. The summed E-state index contributed by atoms with van der Waals surface area (Å²) in [6.07, 6.45) is 16.0. The minimum absolute atomic E-state index is 0.236. The highest BCUT2D eigenvalue weighted by Crippen LogP contribution is 2.50. The van der Waals surface area contributed by atoms with Crippen LogP contribution in [0.1, 0.15) is 77.0 Å². The van der Waals surface area contributed by atoms with E-state index < -0.39 is 23.4 Å². The maximum Gasteiger partial charge on any atom is 0.314 e. The molecule has 0 bridgehead atoms. The van der Waals surface area contributed by atoms with Gasteiger partial charge >= 0.3 is 5.97 Å². The highest BCUT2D eigenvalue weighted by atomic mass is 19.2. The molecule has 0 spiro atoms. The highest BCUT2D eigenvalue weighted by Gasteiger charge is 2.43. The molecule has 0 saturated heterocycles. The standard InChI is InChI=1S/C27H35F3O2/c1-2-3-5-17-8-10-18(11-9-17)19-12-13-22-20(14-19)6-4-7-23(22)27(31)32-21-15-24(28)26(30)25(29)16-21/h2,15-20,22-23H,1,3-14H2. The lowest BCUT2D eigenvalue weighted by Gasteiger charge is -2.46. The van der Waals surface area contributed by atoms with Crippen molar-refractivity contribution >= 4 is 5.97 Å². The molecule has 3 saturated carbocycles. The number of hydrogen-bond donors (Lipinski definition) is 0. The predicted octanol–water partition coefficient (Wildman–Crippen LogP) is 7.61. The van der Waals surface area contributed by atoms with Crippen LogP contribution in [0.2, 0.25) is 0 Å². The maximum atomic E-state index is 13.5. The summed E-state index contributed by atoms with van der Waals surface area (Å²) < 4.78 is 45.5. The Labute approximate surface area is 189 Å². The van der Waals surface area contributed by atoms with Gasteiger partial charge in [-0.25, -0.2) is 13.2 Å². The van der Waals surface area contributed by atoms with Crippen molar-refractivity contribution in [3.8, 4) is 5.75 Å². The van der Waals surface area contributed by atoms with Crippen LogP contribution in [0.5, 0.6) is 5.75 Å². The molecule has 3 aliphatic rings. The third-order valence-electron chi connectivity index (χ3n) is 8.50. The van der Waals surface area contributed by atoms with Gasteiger partial charge < -0.3 is 4.74 Å². The maximum absolute atomic E-state index is 13.5. The fourth-order valence-electron chi connectivity index (χ4n) is 6.81. The molecule has 3 aliphatic carbocycles. The topological polar surface area (TPSA) is 26.3 Å². The zero-order valence-corrected chi connectivity index (χ0v) is 18.8. The molecular weight excluding hydrogens is 413 g/mol. The van der Waals surface area contributed by atoms with Gasteiger partial charge in [0.25, 0.3) is 0 Å². The summed E-state index contributed by atoms with van der Waals surface area (Å²) in [6, 6.07) is 1.50. The Morgan fingerprint density at radius 2 is 1.62 bits per heavy atom. The average molecular weight is 449 g/mol. The van der Waals surface area contributed by atoms with E-state index in [1.54, 1.807) is 0 Å². The van der Waals surface area contributed by atoms with E-state index in [1.165, 1.54) is 38.5 Å². The number of esters is 1. The lowest BCUT2D eigenvalue weighted by molar-refractivity contribution is -0.144. The fourth-order valence-corrected chi connectivity index (χ4v) is 6.81. The molecular formula is C27H35F3O2. The largest absolute Gasteiger partial charge is 0.426 e. The number of halogens is 3. The second-order valence-corrected chi connectivity index (χ2v) is 10.3. The number of carbonyl (C=O) groups is 1. The summed E-state index contributed by atoms with van der Waals surface area (Å²) in [7, 11) is 0. The van der Waals surface area contributed by atoms with Gasteiger partial charge in [-0.1, -0.05) is 31.8 Å². The van der Waals surface area contributed by atoms with Gasteiger partial charge in [0.2, 0.25) is 0 Å². The smallest absolute Gasteiger partial charge is 0.314 e. The van der Waals surface area contributed by atoms with E-state index in [1.807, 2.05) is 6.08 Å². The number of benzene rings is 1. The zero-order valence-electron chi connectivity index (χ0n) is 18.8. The SMILES string of the molecule is C=CCCC1CCC(C2CCC3C(CCCC3C(=O)Oc3cc(F)c(F)c(F)c3)C2)CC1. The van der Waals surface area contributed by atoms with Crippen molar-refractivity contribution in [2.45, 2.75) is 77.0 Å². The molecule has 1 aromatic rings.